The normalized spacial score (nSPS) is 20.8. The molecule has 0 spiro atoms. The first-order valence-corrected chi connectivity index (χ1v) is 7.99. The van der Waals surface area contributed by atoms with Gasteiger partial charge in [0, 0.05) is 42.9 Å². The Morgan fingerprint density at radius 3 is 2.86 bits per heavy atom. The zero-order chi connectivity index (χ0) is 16.3. The molecule has 0 unspecified atom stereocenters. The molecule has 2 amide bonds. The van der Waals surface area contributed by atoms with Gasteiger partial charge in [0.2, 0.25) is 0 Å². The predicted octanol–water partition coefficient (Wildman–Crippen LogP) is 2.57. The third-order valence-corrected chi connectivity index (χ3v) is 4.47. The highest BCUT2D eigenvalue weighted by molar-refractivity contribution is 6.31. The van der Waals surface area contributed by atoms with Crippen molar-refractivity contribution in [1.29, 1.82) is 0 Å². The van der Waals surface area contributed by atoms with Crippen molar-refractivity contribution in [1.82, 2.24) is 9.80 Å². The molecule has 0 aromatic heterocycles. The summed E-state index contributed by atoms with van der Waals surface area (Å²) < 4.78 is 0. The molecule has 0 aliphatic carbocycles. The number of rotatable bonds is 3. The van der Waals surface area contributed by atoms with Crippen molar-refractivity contribution in [3.05, 3.63) is 28.8 Å². The van der Waals surface area contributed by atoms with Crippen LogP contribution in [0, 0.1) is 6.92 Å². The second-order valence-corrected chi connectivity index (χ2v) is 6.39. The van der Waals surface area contributed by atoms with Gasteiger partial charge in [-0.2, -0.15) is 0 Å². The Hall–Kier alpha value is -1.30. The maximum absolute atomic E-state index is 12.4. The van der Waals surface area contributed by atoms with Gasteiger partial charge in [-0.1, -0.05) is 17.7 Å². The Labute approximate surface area is 136 Å². The summed E-state index contributed by atoms with van der Waals surface area (Å²) in [7, 11) is 0. The topological polar surface area (TPSA) is 55.8 Å². The van der Waals surface area contributed by atoms with Gasteiger partial charge >= 0.3 is 6.03 Å². The van der Waals surface area contributed by atoms with Crippen molar-refractivity contribution < 1.29 is 9.90 Å². The van der Waals surface area contributed by atoms with Crippen LogP contribution in [0.4, 0.5) is 10.5 Å². The van der Waals surface area contributed by atoms with Gasteiger partial charge in [-0.3, -0.25) is 4.90 Å². The molecular weight excluding hydrogens is 302 g/mol. The molecule has 0 saturated carbocycles. The Morgan fingerprint density at radius 1 is 1.50 bits per heavy atom. The van der Waals surface area contributed by atoms with Crippen molar-refractivity contribution in [3.8, 4) is 0 Å². The molecule has 122 valence electrons. The molecule has 1 aromatic carbocycles. The van der Waals surface area contributed by atoms with E-state index in [1.807, 2.05) is 30.0 Å². The average molecular weight is 326 g/mol. The SMILES string of the molecule is Cc1c(Cl)cccc1NC(=O)N1CCN(C[C@@H](C)O)[C@@H](C)C1. The van der Waals surface area contributed by atoms with Gasteiger partial charge in [-0.15, -0.1) is 0 Å². The Kier molecular flexibility index (Phi) is 5.67. The molecule has 1 heterocycles. The molecule has 6 heteroatoms. The van der Waals surface area contributed by atoms with Crippen LogP contribution in [0.15, 0.2) is 18.2 Å². The van der Waals surface area contributed by atoms with Crippen LogP contribution in [0.3, 0.4) is 0 Å². The van der Waals surface area contributed by atoms with Gasteiger partial charge in [-0.25, -0.2) is 4.79 Å². The number of hydrogen-bond acceptors (Lipinski definition) is 3. The van der Waals surface area contributed by atoms with E-state index in [-0.39, 0.29) is 18.2 Å². The number of aliphatic hydroxyl groups is 1. The lowest BCUT2D eigenvalue weighted by atomic mass is 10.1. The summed E-state index contributed by atoms with van der Waals surface area (Å²) in [5.41, 5.74) is 1.62. The van der Waals surface area contributed by atoms with Gasteiger partial charge in [0.05, 0.1) is 6.10 Å². The number of anilines is 1. The molecule has 1 aliphatic heterocycles. The summed E-state index contributed by atoms with van der Waals surface area (Å²) in [6.45, 7) is 8.47. The fourth-order valence-corrected chi connectivity index (χ4v) is 2.90. The molecule has 0 bridgehead atoms. The number of benzene rings is 1. The molecule has 2 rings (SSSR count). The number of amides is 2. The number of halogens is 1. The first-order chi connectivity index (χ1) is 10.4. The van der Waals surface area contributed by atoms with Crippen LogP contribution in [0.25, 0.3) is 0 Å². The summed E-state index contributed by atoms with van der Waals surface area (Å²) in [5.74, 6) is 0. The average Bonchev–Trinajstić information content (AvgIpc) is 2.45. The van der Waals surface area contributed by atoms with Gasteiger partial charge in [-0.05, 0) is 38.5 Å². The summed E-state index contributed by atoms with van der Waals surface area (Å²) in [6.07, 6.45) is -0.350. The maximum atomic E-state index is 12.4. The van der Waals surface area contributed by atoms with E-state index in [1.165, 1.54) is 0 Å². The van der Waals surface area contributed by atoms with E-state index in [1.54, 1.807) is 6.92 Å². The van der Waals surface area contributed by atoms with Crippen LogP contribution in [-0.4, -0.2) is 59.3 Å². The molecule has 2 atom stereocenters. The minimum Gasteiger partial charge on any atom is -0.392 e. The third kappa shape index (κ3) is 4.12. The molecule has 22 heavy (non-hydrogen) atoms. The number of carbonyl (C=O) groups excluding carboxylic acids is 1. The first kappa shape index (κ1) is 17.1. The van der Waals surface area contributed by atoms with Crippen molar-refractivity contribution in [3.63, 3.8) is 0 Å². The maximum Gasteiger partial charge on any atom is 0.321 e. The standard InChI is InChI=1S/C16H24ClN3O2/c1-11-9-20(8-7-19(11)10-12(2)21)16(22)18-15-6-4-5-14(17)13(15)3/h4-6,11-12,21H,7-10H2,1-3H3,(H,18,22)/t11-,12+/m0/s1. The lowest BCUT2D eigenvalue weighted by Crippen LogP contribution is -2.55. The third-order valence-electron chi connectivity index (χ3n) is 4.06. The van der Waals surface area contributed by atoms with E-state index in [4.69, 9.17) is 11.6 Å². The van der Waals surface area contributed by atoms with E-state index >= 15 is 0 Å². The van der Waals surface area contributed by atoms with Crippen molar-refractivity contribution in [2.75, 3.05) is 31.5 Å². The quantitative estimate of drug-likeness (QED) is 0.898. The van der Waals surface area contributed by atoms with Gasteiger partial charge < -0.3 is 15.3 Å². The number of aliphatic hydroxyl groups excluding tert-OH is 1. The highest BCUT2D eigenvalue weighted by Crippen LogP contribution is 2.23. The zero-order valence-corrected chi connectivity index (χ0v) is 14.1. The number of nitrogens with one attached hydrogen (secondary N) is 1. The molecule has 1 fully saturated rings. The van der Waals surface area contributed by atoms with Crippen LogP contribution in [0.2, 0.25) is 5.02 Å². The Bertz CT molecular complexity index is 536. The lowest BCUT2D eigenvalue weighted by Gasteiger charge is -2.40. The molecule has 1 aromatic rings. The Balaban J connectivity index is 1.96. The molecule has 5 nitrogen and oxygen atoms in total. The molecule has 1 aliphatic rings. The zero-order valence-electron chi connectivity index (χ0n) is 13.3. The summed E-state index contributed by atoms with van der Waals surface area (Å²) >= 11 is 6.08. The molecular formula is C16H24ClN3O2. The Morgan fingerprint density at radius 2 is 2.23 bits per heavy atom. The monoisotopic (exact) mass is 325 g/mol. The molecule has 0 radical (unpaired) electrons. The van der Waals surface area contributed by atoms with Crippen molar-refractivity contribution in [2.24, 2.45) is 0 Å². The van der Waals surface area contributed by atoms with E-state index < -0.39 is 0 Å². The number of urea groups is 1. The summed E-state index contributed by atoms with van der Waals surface area (Å²) in [5, 5.41) is 13.1. The van der Waals surface area contributed by atoms with Crippen LogP contribution in [0.1, 0.15) is 19.4 Å². The largest absolute Gasteiger partial charge is 0.392 e. The fourth-order valence-electron chi connectivity index (χ4n) is 2.73. The van der Waals surface area contributed by atoms with Crippen molar-refractivity contribution in [2.45, 2.75) is 32.9 Å². The highest BCUT2D eigenvalue weighted by Gasteiger charge is 2.27. The number of carbonyl (C=O) groups is 1. The van der Waals surface area contributed by atoms with Gasteiger partial charge in [0.1, 0.15) is 0 Å². The summed E-state index contributed by atoms with van der Waals surface area (Å²) in [4.78, 5) is 16.4. The van der Waals surface area contributed by atoms with E-state index in [2.05, 4.69) is 17.1 Å². The number of nitrogens with zero attached hydrogens (tertiary/aromatic N) is 2. The smallest absolute Gasteiger partial charge is 0.321 e. The van der Waals surface area contributed by atoms with Crippen LogP contribution >= 0.6 is 11.6 Å². The number of hydrogen-bond donors (Lipinski definition) is 2. The van der Waals surface area contributed by atoms with Gasteiger partial charge in [0.25, 0.3) is 0 Å². The number of piperazine rings is 1. The second-order valence-electron chi connectivity index (χ2n) is 5.98. The van der Waals surface area contributed by atoms with E-state index in [9.17, 15) is 9.90 Å². The summed E-state index contributed by atoms with van der Waals surface area (Å²) in [6, 6.07) is 5.62. The molecule has 1 saturated heterocycles. The van der Waals surface area contributed by atoms with Gasteiger partial charge in [0.15, 0.2) is 0 Å². The van der Waals surface area contributed by atoms with Crippen LogP contribution in [-0.2, 0) is 0 Å². The van der Waals surface area contributed by atoms with Crippen LogP contribution < -0.4 is 5.32 Å². The fraction of sp³-hybridized carbons (Fsp3) is 0.562. The first-order valence-electron chi connectivity index (χ1n) is 7.61. The molecule has 2 N–H and O–H groups in total. The van der Waals surface area contributed by atoms with Crippen molar-refractivity contribution >= 4 is 23.3 Å². The van der Waals surface area contributed by atoms with E-state index in [0.29, 0.717) is 24.7 Å². The van der Waals surface area contributed by atoms with Crippen LogP contribution in [0.5, 0.6) is 0 Å². The minimum absolute atomic E-state index is 0.103. The second kappa shape index (κ2) is 7.31. The number of β-amino-alcohol motifs (C(OH)–C–C–N with tert-alkyl or cyclic N) is 1. The highest BCUT2D eigenvalue weighted by atomic mass is 35.5. The predicted molar refractivity (Wildman–Crippen MR) is 89.5 cm³/mol. The lowest BCUT2D eigenvalue weighted by molar-refractivity contribution is 0.0590. The van der Waals surface area contributed by atoms with E-state index in [0.717, 1.165) is 17.8 Å². The minimum atomic E-state index is -0.350.